The van der Waals surface area contributed by atoms with Crippen LogP contribution in [0, 0.1) is 0 Å². The third kappa shape index (κ3) is 2.10. The van der Waals surface area contributed by atoms with Crippen LogP contribution >= 0.6 is 11.3 Å². The minimum atomic E-state index is -4.34. The second-order valence-corrected chi connectivity index (χ2v) is 5.31. The van der Waals surface area contributed by atoms with Gasteiger partial charge in [-0.3, -0.25) is 0 Å². The van der Waals surface area contributed by atoms with Gasteiger partial charge in [0.2, 0.25) is 0 Å². The molecule has 0 radical (unpaired) electrons. The first-order chi connectivity index (χ1) is 9.50. The number of benzene rings is 1. The third-order valence-electron chi connectivity index (χ3n) is 3.13. The fourth-order valence-electron chi connectivity index (χ4n) is 2.22. The van der Waals surface area contributed by atoms with E-state index in [0.29, 0.717) is 12.1 Å². The highest BCUT2D eigenvalue weighted by molar-refractivity contribution is 7.13. The first kappa shape index (κ1) is 13.2. The normalized spacial score (nSPS) is 12.2. The first-order valence-corrected chi connectivity index (χ1v) is 7.00. The summed E-state index contributed by atoms with van der Waals surface area (Å²) in [6.07, 6.45) is -4.34. The lowest BCUT2D eigenvalue weighted by Crippen LogP contribution is -2.04. The molecule has 0 N–H and O–H groups in total. The van der Waals surface area contributed by atoms with Crippen molar-refractivity contribution >= 4 is 22.4 Å². The summed E-state index contributed by atoms with van der Waals surface area (Å²) in [4.78, 5) is 5.33. The minimum Gasteiger partial charge on any atom is -0.324 e. The van der Waals surface area contributed by atoms with Gasteiger partial charge in [-0.25, -0.2) is 4.98 Å². The highest BCUT2D eigenvalue weighted by Crippen LogP contribution is 2.33. The molecule has 0 atom stereocenters. The fourth-order valence-corrected chi connectivity index (χ4v) is 2.94. The van der Waals surface area contributed by atoms with Crippen LogP contribution in [0.15, 0.2) is 35.7 Å². The largest absolute Gasteiger partial charge is 0.416 e. The lowest BCUT2D eigenvalue weighted by atomic mass is 10.2. The maximum absolute atomic E-state index is 12.7. The highest BCUT2D eigenvalue weighted by Gasteiger charge is 2.31. The van der Waals surface area contributed by atoms with Crippen LogP contribution in [0.5, 0.6) is 0 Å². The molecule has 0 aliphatic carbocycles. The van der Waals surface area contributed by atoms with Gasteiger partial charge in [-0.2, -0.15) is 13.2 Å². The topological polar surface area (TPSA) is 17.8 Å². The Morgan fingerprint density at radius 1 is 1.25 bits per heavy atom. The number of fused-ring (bicyclic) bond motifs is 1. The maximum Gasteiger partial charge on any atom is 0.416 e. The Kier molecular flexibility index (Phi) is 3.05. The lowest BCUT2D eigenvalue weighted by molar-refractivity contribution is -0.137. The van der Waals surface area contributed by atoms with Crippen LogP contribution < -0.4 is 0 Å². The molecule has 6 heteroatoms. The monoisotopic (exact) mass is 296 g/mol. The predicted octanol–water partition coefficient (Wildman–Crippen LogP) is 4.80. The molecule has 0 aliphatic rings. The van der Waals surface area contributed by atoms with Gasteiger partial charge in [-0.05, 0) is 36.6 Å². The molecule has 3 rings (SSSR count). The summed E-state index contributed by atoms with van der Waals surface area (Å²) in [5.74, 6) is 0.719. The molecule has 0 spiro atoms. The number of alkyl halides is 3. The van der Waals surface area contributed by atoms with Crippen LogP contribution in [-0.4, -0.2) is 9.55 Å². The molecule has 0 saturated carbocycles. The van der Waals surface area contributed by atoms with E-state index in [1.54, 1.807) is 0 Å². The second-order valence-electron chi connectivity index (χ2n) is 4.36. The zero-order valence-corrected chi connectivity index (χ0v) is 11.4. The fraction of sp³-hybridized carbons (Fsp3) is 0.214. The van der Waals surface area contributed by atoms with Crippen molar-refractivity contribution in [1.29, 1.82) is 0 Å². The van der Waals surface area contributed by atoms with Crippen molar-refractivity contribution in [1.82, 2.24) is 9.55 Å². The molecular weight excluding hydrogens is 285 g/mol. The van der Waals surface area contributed by atoms with Gasteiger partial charge in [0.05, 0.1) is 21.5 Å². The number of aryl methyl sites for hydroxylation is 1. The Labute approximate surface area is 117 Å². The average molecular weight is 296 g/mol. The van der Waals surface area contributed by atoms with Gasteiger partial charge in [0.25, 0.3) is 0 Å². The molecule has 0 saturated heterocycles. The van der Waals surface area contributed by atoms with Gasteiger partial charge in [0.15, 0.2) is 5.82 Å². The summed E-state index contributed by atoms with van der Waals surface area (Å²) in [6.45, 7) is 2.62. The van der Waals surface area contributed by atoms with Gasteiger partial charge in [0, 0.05) is 6.54 Å². The van der Waals surface area contributed by atoms with Crippen LogP contribution in [0.1, 0.15) is 12.5 Å². The minimum absolute atomic E-state index is 0.380. The molecule has 1 aromatic carbocycles. The van der Waals surface area contributed by atoms with Gasteiger partial charge < -0.3 is 4.57 Å². The summed E-state index contributed by atoms with van der Waals surface area (Å²) < 4.78 is 40.2. The average Bonchev–Trinajstić information content (AvgIpc) is 3.03. The van der Waals surface area contributed by atoms with Crippen LogP contribution in [0.4, 0.5) is 13.2 Å². The van der Waals surface area contributed by atoms with Crippen LogP contribution in [0.25, 0.3) is 21.7 Å². The number of thiophene rings is 1. The SMILES string of the molecule is CCn1c(-c2cccs2)nc2cc(C(F)(F)F)ccc21. The molecule has 0 bridgehead atoms. The van der Waals surface area contributed by atoms with E-state index in [-0.39, 0.29) is 0 Å². The molecule has 0 fully saturated rings. The van der Waals surface area contributed by atoms with Crippen molar-refractivity contribution in [3.8, 4) is 10.7 Å². The number of nitrogens with zero attached hydrogens (tertiary/aromatic N) is 2. The molecule has 2 aromatic heterocycles. The molecule has 0 amide bonds. The van der Waals surface area contributed by atoms with E-state index < -0.39 is 11.7 Å². The smallest absolute Gasteiger partial charge is 0.324 e. The molecular formula is C14H11F3N2S. The van der Waals surface area contributed by atoms with E-state index in [9.17, 15) is 13.2 Å². The zero-order chi connectivity index (χ0) is 14.3. The van der Waals surface area contributed by atoms with Crippen LogP contribution in [0.3, 0.4) is 0 Å². The first-order valence-electron chi connectivity index (χ1n) is 6.12. The molecule has 0 aliphatic heterocycles. The summed E-state index contributed by atoms with van der Waals surface area (Å²) >= 11 is 1.52. The molecule has 3 aromatic rings. The van der Waals surface area contributed by atoms with Crippen molar-refractivity contribution in [3.05, 3.63) is 41.3 Å². The highest BCUT2D eigenvalue weighted by atomic mass is 32.1. The Hall–Kier alpha value is -1.82. The van der Waals surface area contributed by atoms with Gasteiger partial charge in [0.1, 0.15) is 0 Å². The van der Waals surface area contributed by atoms with E-state index in [0.717, 1.165) is 28.4 Å². The quantitative estimate of drug-likeness (QED) is 0.664. The van der Waals surface area contributed by atoms with Crippen molar-refractivity contribution in [2.75, 3.05) is 0 Å². The maximum atomic E-state index is 12.7. The Balaban J connectivity index is 2.23. The van der Waals surface area contributed by atoms with Crippen molar-refractivity contribution in [3.63, 3.8) is 0 Å². The summed E-state index contributed by atoms with van der Waals surface area (Å²) in [6, 6.07) is 7.53. The molecule has 20 heavy (non-hydrogen) atoms. The number of aromatic nitrogens is 2. The van der Waals surface area contributed by atoms with Gasteiger partial charge >= 0.3 is 6.18 Å². The van der Waals surface area contributed by atoms with E-state index >= 15 is 0 Å². The van der Waals surface area contributed by atoms with Crippen molar-refractivity contribution in [2.45, 2.75) is 19.6 Å². The number of imidazole rings is 1. The molecule has 104 valence electrons. The number of halogens is 3. The van der Waals surface area contributed by atoms with Crippen LogP contribution in [0.2, 0.25) is 0 Å². The predicted molar refractivity (Wildman–Crippen MR) is 73.7 cm³/mol. The zero-order valence-electron chi connectivity index (χ0n) is 10.6. The number of hydrogen-bond donors (Lipinski definition) is 0. The van der Waals surface area contributed by atoms with E-state index in [1.807, 2.05) is 29.0 Å². The van der Waals surface area contributed by atoms with E-state index in [4.69, 9.17) is 0 Å². The third-order valence-corrected chi connectivity index (χ3v) is 4.00. The Morgan fingerprint density at radius 3 is 2.65 bits per heavy atom. The number of rotatable bonds is 2. The summed E-state index contributed by atoms with van der Waals surface area (Å²) in [5.41, 5.74) is 0.442. The molecule has 0 unspecified atom stereocenters. The molecule has 2 nitrogen and oxygen atoms in total. The Bertz CT molecular complexity index is 742. The van der Waals surface area contributed by atoms with Gasteiger partial charge in [-0.1, -0.05) is 6.07 Å². The Morgan fingerprint density at radius 2 is 2.05 bits per heavy atom. The molecule has 2 heterocycles. The lowest BCUT2D eigenvalue weighted by Gasteiger charge is -2.07. The second kappa shape index (κ2) is 4.63. The summed E-state index contributed by atoms with van der Waals surface area (Å²) in [7, 11) is 0. The van der Waals surface area contributed by atoms with Crippen molar-refractivity contribution in [2.24, 2.45) is 0 Å². The standard InChI is InChI=1S/C14H11F3N2S/c1-2-19-11-6-5-9(14(15,16)17)8-10(11)18-13(19)12-4-3-7-20-12/h3-8H,2H2,1H3. The van der Waals surface area contributed by atoms with E-state index in [2.05, 4.69) is 4.98 Å². The van der Waals surface area contributed by atoms with Gasteiger partial charge in [-0.15, -0.1) is 11.3 Å². The van der Waals surface area contributed by atoms with Crippen molar-refractivity contribution < 1.29 is 13.2 Å². The summed E-state index contributed by atoms with van der Waals surface area (Å²) in [5, 5.41) is 1.93. The van der Waals surface area contributed by atoms with E-state index in [1.165, 1.54) is 17.4 Å². The van der Waals surface area contributed by atoms with Crippen LogP contribution in [-0.2, 0) is 12.7 Å². The number of hydrogen-bond acceptors (Lipinski definition) is 2.